The zero-order valence-corrected chi connectivity index (χ0v) is 59.2. The van der Waals surface area contributed by atoms with Crippen molar-refractivity contribution in [2.45, 2.75) is 109 Å². The number of benzene rings is 2. The SMILES string of the molecule is CC[C@@]1(O)C(=O)OCc2c1cc1n(c2=O)Cc2c-1nc1cc(F)c(C)c3c1c2[C@@H](N1CCC(OCNC(=O)CNC(=O)[C@H](Cc2ccccc2)NC(=O)CNC(=O)CNC(=O)COCCOCCOCCOCCOCCOCCOCCOCCNC(=O)CCCCCN2C(=O)C=CC2=O)C1=O)CC3. The number of aryl methyl sites for hydroxylation is 1. The van der Waals surface area contributed by atoms with Gasteiger partial charge in [0.2, 0.25) is 35.4 Å². The second kappa shape index (κ2) is 40.5. The van der Waals surface area contributed by atoms with Gasteiger partial charge in [-0.05, 0) is 67.3 Å². The van der Waals surface area contributed by atoms with Crippen LogP contribution in [0.3, 0.4) is 0 Å². The number of hydrogen-bond acceptors (Lipinski definition) is 23. The predicted octanol–water partition coefficient (Wildman–Crippen LogP) is 0.0161. The molecule has 4 aliphatic heterocycles. The number of aliphatic hydroxyl groups is 1. The number of imide groups is 1. The molecule has 5 aliphatic rings. The molecule has 570 valence electrons. The topological polar surface area (TPSA) is 397 Å². The third kappa shape index (κ3) is 22.3. The van der Waals surface area contributed by atoms with Crippen LogP contribution >= 0.6 is 0 Å². The normalized spacial score (nSPS) is 17.3. The number of fused-ring (bicyclic) bond motifs is 5. The van der Waals surface area contributed by atoms with Crippen LogP contribution in [0.15, 0.2) is 59.4 Å². The maximum Gasteiger partial charge on any atom is 0.343 e. The third-order valence-electron chi connectivity index (χ3n) is 18.3. The van der Waals surface area contributed by atoms with Gasteiger partial charge in [0.25, 0.3) is 23.3 Å². The van der Waals surface area contributed by atoms with Gasteiger partial charge in [-0.25, -0.2) is 14.2 Å². The van der Waals surface area contributed by atoms with E-state index in [9.17, 15) is 57.8 Å². The van der Waals surface area contributed by atoms with Crippen molar-refractivity contribution in [3.63, 3.8) is 0 Å². The van der Waals surface area contributed by atoms with Crippen LogP contribution < -0.4 is 37.5 Å². The standard InChI is InChI=1S/C72H93FN10O22/c1-3-72(95)51-37-56-67-49(42-83(56)69(92)50(51)43-104-71(72)94)66-55(14-13-48-46(2)52(73)38-53(80-67)65(48)66)81-20-17-57(70(81)93)105-45-78-60(86)40-77-68(91)54(36-47-10-6-4-7-11-47)79-61(87)41-75-59(85)39-76-62(88)44-103-35-34-102-33-32-101-31-30-100-29-28-99-27-26-98-25-24-97-23-22-96-21-18-74-58(84)12-8-5-9-19-82-63(89)15-16-64(82)90/h4,6-7,10-11,15-16,37-38,54-55,57,95H,3,5,8-9,12-14,17-36,39-45H2,1-2H3,(H,74,84)(H,75,85)(H,76,88)(H,77,91)(H,78,86)(H,79,87)/t54-,55-,57?,72-/m0/s1. The van der Waals surface area contributed by atoms with Gasteiger partial charge < -0.3 is 93.8 Å². The molecule has 4 aromatic rings. The van der Waals surface area contributed by atoms with Gasteiger partial charge in [-0.1, -0.05) is 43.7 Å². The summed E-state index contributed by atoms with van der Waals surface area (Å²) < 4.78 is 72.0. The Kier molecular flexibility index (Phi) is 30.9. The number of hydrogen-bond donors (Lipinski definition) is 7. The fourth-order valence-corrected chi connectivity index (χ4v) is 12.8. The number of aromatic nitrogens is 2. The van der Waals surface area contributed by atoms with Crippen LogP contribution in [0.2, 0.25) is 0 Å². The van der Waals surface area contributed by atoms with E-state index in [1.165, 1.54) is 27.7 Å². The molecule has 32 nitrogen and oxygen atoms in total. The molecule has 4 atom stereocenters. The lowest BCUT2D eigenvalue weighted by atomic mass is 9.81. The highest BCUT2D eigenvalue weighted by molar-refractivity contribution is 6.12. The number of esters is 1. The summed E-state index contributed by atoms with van der Waals surface area (Å²) >= 11 is 0. The van der Waals surface area contributed by atoms with E-state index in [2.05, 4.69) is 31.9 Å². The monoisotopic (exact) mass is 1470 g/mol. The zero-order valence-electron chi connectivity index (χ0n) is 59.2. The molecule has 1 saturated heterocycles. The summed E-state index contributed by atoms with van der Waals surface area (Å²) in [6.07, 6.45) is 5.07. The number of carbonyl (C=O) groups is 10. The summed E-state index contributed by atoms with van der Waals surface area (Å²) in [5, 5.41) is 27.4. The molecule has 1 fully saturated rings. The van der Waals surface area contributed by atoms with Crippen molar-refractivity contribution in [3.8, 4) is 11.4 Å². The maximum atomic E-state index is 15.6. The second-order valence-electron chi connectivity index (χ2n) is 25.3. The summed E-state index contributed by atoms with van der Waals surface area (Å²) in [5.74, 6) is -5.72. The minimum Gasteiger partial charge on any atom is -0.458 e. The Hall–Kier alpha value is -9.03. The molecule has 0 saturated carbocycles. The van der Waals surface area contributed by atoms with Gasteiger partial charge in [0.05, 0.1) is 154 Å². The zero-order chi connectivity index (χ0) is 74.7. The molecule has 0 radical (unpaired) electrons. The number of nitrogens with zero attached hydrogens (tertiary/aromatic N) is 4. The molecule has 105 heavy (non-hydrogen) atoms. The largest absolute Gasteiger partial charge is 0.458 e. The molecular formula is C72H93FN10O22. The number of likely N-dealkylation sites (tertiary alicyclic amines) is 1. The molecule has 9 rings (SSSR count). The lowest BCUT2D eigenvalue weighted by Crippen LogP contribution is -2.52. The summed E-state index contributed by atoms with van der Waals surface area (Å²) in [7, 11) is 0. The number of pyridine rings is 2. The van der Waals surface area contributed by atoms with E-state index >= 15 is 4.39 Å². The maximum absolute atomic E-state index is 15.6. The molecule has 7 N–H and O–H groups in total. The number of ether oxygens (including phenoxy) is 10. The van der Waals surface area contributed by atoms with Crippen molar-refractivity contribution < 1.29 is 105 Å². The Morgan fingerprint density at radius 2 is 1.28 bits per heavy atom. The van der Waals surface area contributed by atoms with Crippen molar-refractivity contribution in [2.24, 2.45) is 0 Å². The summed E-state index contributed by atoms with van der Waals surface area (Å²) in [5.41, 5.74) is 2.08. The Labute approximate surface area is 605 Å². The lowest BCUT2D eigenvalue weighted by Gasteiger charge is -2.35. The quantitative estimate of drug-likeness (QED) is 0.0117. The number of cyclic esters (lactones) is 1. The van der Waals surface area contributed by atoms with E-state index < -0.39 is 97.0 Å². The first kappa shape index (κ1) is 80.1. The van der Waals surface area contributed by atoms with Gasteiger partial charge in [0.15, 0.2) is 5.60 Å². The third-order valence-corrected chi connectivity index (χ3v) is 18.3. The molecule has 1 aliphatic carbocycles. The minimum atomic E-state index is -2.06. The predicted molar refractivity (Wildman–Crippen MR) is 369 cm³/mol. The average Bonchev–Trinajstić information content (AvgIpc) is 1.60. The Balaban J connectivity index is 0.569. The van der Waals surface area contributed by atoms with E-state index in [1.807, 2.05) is 0 Å². The molecule has 33 heteroatoms. The molecule has 2 aromatic heterocycles. The number of nitrogens with one attached hydrogen (secondary N) is 6. The van der Waals surface area contributed by atoms with E-state index in [1.54, 1.807) is 55.1 Å². The van der Waals surface area contributed by atoms with E-state index in [4.69, 9.17) is 52.4 Å². The molecule has 0 bridgehead atoms. The average molecular weight is 1470 g/mol. The number of amides is 9. The summed E-state index contributed by atoms with van der Waals surface area (Å²) in [6, 6.07) is 9.99. The Morgan fingerprint density at radius 3 is 1.92 bits per heavy atom. The van der Waals surface area contributed by atoms with Crippen LogP contribution in [-0.2, 0) is 127 Å². The first-order valence-electron chi connectivity index (χ1n) is 35.4. The molecule has 2 aromatic carbocycles. The Bertz CT molecular complexity index is 3820. The molecule has 9 amide bonds. The Morgan fingerprint density at radius 1 is 0.676 bits per heavy atom. The van der Waals surface area contributed by atoms with Crippen LogP contribution in [0.4, 0.5) is 4.39 Å². The van der Waals surface area contributed by atoms with Crippen molar-refractivity contribution in [1.29, 1.82) is 0 Å². The van der Waals surface area contributed by atoms with Gasteiger partial charge in [0, 0.05) is 73.6 Å². The molecule has 6 heterocycles. The van der Waals surface area contributed by atoms with Crippen LogP contribution in [-0.4, -0.2) is 247 Å². The number of rotatable bonds is 47. The van der Waals surface area contributed by atoms with Crippen molar-refractivity contribution in [3.05, 3.63) is 110 Å². The first-order chi connectivity index (χ1) is 50.9. The summed E-state index contributed by atoms with van der Waals surface area (Å²) in [4.78, 5) is 149. The van der Waals surface area contributed by atoms with Crippen molar-refractivity contribution in [2.75, 3.05) is 152 Å². The molecule has 1 unspecified atom stereocenters. The number of carbonyl (C=O) groups excluding carboxylic acids is 10. The smallest absolute Gasteiger partial charge is 0.343 e. The van der Waals surface area contributed by atoms with Crippen molar-refractivity contribution >= 4 is 70.0 Å². The fourth-order valence-electron chi connectivity index (χ4n) is 12.8. The van der Waals surface area contributed by atoms with Crippen LogP contribution in [0.5, 0.6) is 0 Å². The summed E-state index contributed by atoms with van der Waals surface area (Å²) in [6.45, 7) is 6.85. The highest BCUT2D eigenvalue weighted by Gasteiger charge is 2.47. The van der Waals surface area contributed by atoms with Crippen LogP contribution in [0.1, 0.15) is 96.9 Å². The lowest BCUT2D eigenvalue weighted by molar-refractivity contribution is -0.172. The first-order valence-corrected chi connectivity index (χ1v) is 35.4. The number of halogens is 1. The van der Waals surface area contributed by atoms with Crippen molar-refractivity contribution in [1.82, 2.24) is 51.3 Å². The molecular weight excluding hydrogens is 1380 g/mol. The van der Waals surface area contributed by atoms with E-state index in [-0.39, 0.29) is 100 Å². The van der Waals surface area contributed by atoms with Gasteiger partial charge in [-0.3, -0.25) is 52.8 Å². The highest BCUT2D eigenvalue weighted by atomic mass is 19.1. The van der Waals surface area contributed by atoms with Gasteiger partial charge in [-0.15, -0.1) is 0 Å². The minimum absolute atomic E-state index is 0.0271. The van der Waals surface area contributed by atoms with Crippen LogP contribution in [0, 0.1) is 12.7 Å². The fraction of sp³-hybridized carbons (Fsp3) is 0.556. The van der Waals surface area contributed by atoms with E-state index in [0.29, 0.717) is 163 Å². The second-order valence-corrected chi connectivity index (χ2v) is 25.3. The van der Waals surface area contributed by atoms with E-state index in [0.717, 1.165) is 17.5 Å². The van der Waals surface area contributed by atoms with Gasteiger partial charge >= 0.3 is 5.97 Å². The number of unbranched alkanes of at least 4 members (excludes halogenated alkanes) is 2. The van der Waals surface area contributed by atoms with Gasteiger partial charge in [-0.2, -0.15) is 0 Å². The van der Waals surface area contributed by atoms with Crippen LogP contribution in [0.25, 0.3) is 22.3 Å². The highest BCUT2D eigenvalue weighted by Crippen LogP contribution is 2.48. The molecule has 0 spiro atoms. The van der Waals surface area contributed by atoms with Gasteiger partial charge in [0.1, 0.15) is 37.9 Å².